The molecule has 1 heterocycles. The number of hydrogen-bond acceptors (Lipinski definition) is 6. The van der Waals surface area contributed by atoms with Crippen LogP contribution in [0.25, 0.3) is 5.69 Å². The SMILES string of the molecule is COc1ccc(-n2cnnc2SCC(=O)Nc2ccc(NC3CCCCC3)cc2)cc1. The second kappa shape index (κ2) is 10.3. The number of ether oxygens (including phenoxy) is 1. The molecule has 2 aromatic carbocycles. The van der Waals surface area contributed by atoms with Crippen molar-refractivity contribution in [2.75, 3.05) is 23.5 Å². The van der Waals surface area contributed by atoms with Gasteiger partial charge >= 0.3 is 0 Å². The quantitative estimate of drug-likeness (QED) is 0.495. The van der Waals surface area contributed by atoms with Gasteiger partial charge in [0.2, 0.25) is 5.91 Å². The van der Waals surface area contributed by atoms with Crippen LogP contribution in [0, 0.1) is 0 Å². The standard InChI is InChI=1S/C23H27N5O2S/c1-30-21-13-11-20(12-14-21)28-16-24-27-23(28)31-15-22(29)26-19-9-7-18(8-10-19)25-17-5-3-2-4-6-17/h7-14,16-17,25H,2-6,15H2,1H3,(H,26,29). The summed E-state index contributed by atoms with van der Waals surface area (Å²) >= 11 is 1.35. The molecule has 0 bridgehead atoms. The number of thioether (sulfide) groups is 1. The molecule has 1 aliphatic rings. The van der Waals surface area contributed by atoms with Crippen LogP contribution >= 0.6 is 11.8 Å². The first-order valence-electron chi connectivity index (χ1n) is 10.5. The maximum atomic E-state index is 12.4. The molecule has 2 N–H and O–H groups in total. The van der Waals surface area contributed by atoms with E-state index in [0.29, 0.717) is 11.2 Å². The number of anilines is 2. The summed E-state index contributed by atoms with van der Waals surface area (Å²) in [5.41, 5.74) is 2.80. The molecular weight excluding hydrogens is 410 g/mol. The van der Waals surface area contributed by atoms with Gasteiger partial charge in [0.25, 0.3) is 0 Å². The van der Waals surface area contributed by atoms with Gasteiger partial charge in [0.1, 0.15) is 12.1 Å². The summed E-state index contributed by atoms with van der Waals surface area (Å²) in [5, 5.41) is 15.3. The summed E-state index contributed by atoms with van der Waals surface area (Å²) in [6, 6.07) is 16.1. The third-order valence-electron chi connectivity index (χ3n) is 5.34. The van der Waals surface area contributed by atoms with Crippen LogP contribution in [0.5, 0.6) is 5.75 Å². The predicted molar refractivity (Wildman–Crippen MR) is 124 cm³/mol. The van der Waals surface area contributed by atoms with E-state index >= 15 is 0 Å². The van der Waals surface area contributed by atoms with Crippen LogP contribution < -0.4 is 15.4 Å². The van der Waals surface area contributed by atoms with Crippen LogP contribution in [0.1, 0.15) is 32.1 Å². The first kappa shape index (κ1) is 21.2. The third-order valence-corrected chi connectivity index (χ3v) is 6.29. The van der Waals surface area contributed by atoms with Crippen molar-refractivity contribution in [2.45, 2.75) is 43.3 Å². The van der Waals surface area contributed by atoms with Crippen molar-refractivity contribution < 1.29 is 9.53 Å². The monoisotopic (exact) mass is 437 g/mol. The number of nitrogens with zero attached hydrogens (tertiary/aromatic N) is 3. The number of hydrogen-bond donors (Lipinski definition) is 2. The zero-order chi connectivity index (χ0) is 21.5. The van der Waals surface area contributed by atoms with Crippen LogP contribution in [0.4, 0.5) is 11.4 Å². The van der Waals surface area contributed by atoms with E-state index in [4.69, 9.17) is 4.74 Å². The van der Waals surface area contributed by atoms with Gasteiger partial charge in [0.15, 0.2) is 5.16 Å². The fourth-order valence-corrected chi connectivity index (χ4v) is 4.43. The molecule has 7 nitrogen and oxygen atoms in total. The molecule has 31 heavy (non-hydrogen) atoms. The molecule has 162 valence electrons. The van der Waals surface area contributed by atoms with Crippen molar-refractivity contribution in [3.63, 3.8) is 0 Å². The second-order valence-corrected chi connectivity index (χ2v) is 8.52. The highest BCUT2D eigenvalue weighted by Crippen LogP contribution is 2.24. The van der Waals surface area contributed by atoms with E-state index in [0.717, 1.165) is 22.8 Å². The van der Waals surface area contributed by atoms with E-state index in [1.165, 1.54) is 43.9 Å². The number of carbonyl (C=O) groups excluding carboxylic acids is 1. The second-order valence-electron chi connectivity index (χ2n) is 7.58. The fraction of sp³-hybridized carbons (Fsp3) is 0.348. The van der Waals surface area contributed by atoms with Gasteiger partial charge in [0.05, 0.1) is 12.9 Å². The minimum absolute atomic E-state index is 0.0812. The van der Waals surface area contributed by atoms with Gasteiger partial charge in [-0.1, -0.05) is 31.0 Å². The van der Waals surface area contributed by atoms with Gasteiger partial charge in [0, 0.05) is 23.1 Å². The van der Waals surface area contributed by atoms with Gasteiger partial charge < -0.3 is 15.4 Å². The molecule has 8 heteroatoms. The number of aromatic nitrogens is 3. The molecular formula is C23H27N5O2S. The van der Waals surface area contributed by atoms with E-state index in [2.05, 4.69) is 20.8 Å². The maximum Gasteiger partial charge on any atom is 0.234 e. The average Bonchev–Trinajstić information content (AvgIpc) is 3.28. The highest BCUT2D eigenvalue weighted by atomic mass is 32.2. The van der Waals surface area contributed by atoms with Gasteiger partial charge in [-0.25, -0.2) is 0 Å². The molecule has 0 spiro atoms. The number of carbonyl (C=O) groups is 1. The molecule has 0 radical (unpaired) electrons. The van der Waals surface area contributed by atoms with Crippen LogP contribution in [0.3, 0.4) is 0 Å². The Morgan fingerprint density at radius 3 is 2.48 bits per heavy atom. The maximum absolute atomic E-state index is 12.4. The summed E-state index contributed by atoms with van der Waals surface area (Å²) < 4.78 is 7.05. The number of methoxy groups -OCH3 is 1. The van der Waals surface area contributed by atoms with E-state index in [9.17, 15) is 4.79 Å². The van der Waals surface area contributed by atoms with Crippen molar-refractivity contribution in [2.24, 2.45) is 0 Å². The molecule has 0 unspecified atom stereocenters. The fourth-order valence-electron chi connectivity index (χ4n) is 3.70. The van der Waals surface area contributed by atoms with E-state index in [1.54, 1.807) is 13.4 Å². The van der Waals surface area contributed by atoms with Crippen LogP contribution in [0.15, 0.2) is 60.0 Å². The predicted octanol–water partition coefficient (Wildman–Crippen LogP) is 4.75. The minimum Gasteiger partial charge on any atom is -0.497 e. The van der Waals surface area contributed by atoms with Gasteiger partial charge in [-0.3, -0.25) is 9.36 Å². The normalized spacial score (nSPS) is 14.2. The summed E-state index contributed by atoms with van der Waals surface area (Å²) in [4.78, 5) is 12.4. The highest BCUT2D eigenvalue weighted by Gasteiger charge is 2.13. The minimum atomic E-state index is -0.0812. The largest absolute Gasteiger partial charge is 0.497 e. The summed E-state index contributed by atoms with van der Waals surface area (Å²) in [6.45, 7) is 0. The Labute approximate surface area is 186 Å². The van der Waals surface area contributed by atoms with E-state index in [-0.39, 0.29) is 11.7 Å². The molecule has 0 atom stereocenters. The van der Waals surface area contributed by atoms with Gasteiger partial charge in [-0.15, -0.1) is 10.2 Å². The molecule has 1 saturated carbocycles. The Hall–Kier alpha value is -3.00. The molecule has 1 fully saturated rings. The van der Waals surface area contributed by atoms with Crippen molar-refractivity contribution in [1.82, 2.24) is 14.8 Å². The van der Waals surface area contributed by atoms with Gasteiger partial charge in [-0.05, 0) is 61.4 Å². The number of benzene rings is 2. The molecule has 0 aliphatic heterocycles. The van der Waals surface area contributed by atoms with Crippen LogP contribution in [-0.2, 0) is 4.79 Å². The Kier molecular flexibility index (Phi) is 7.09. The lowest BCUT2D eigenvalue weighted by atomic mass is 9.95. The number of rotatable bonds is 8. The highest BCUT2D eigenvalue weighted by molar-refractivity contribution is 7.99. The Bertz CT molecular complexity index is 982. The average molecular weight is 438 g/mol. The zero-order valence-electron chi connectivity index (χ0n) is 17.6. The summed E-state index contributed by atoms with van der Waals surface area (Å²) in [7, 11) is 1.63. The Morgan fingerprint density at radius 1 is 1.06 bits per heavy atom. The lowest BCUT2D eigenvalue weighted by molar-refractivity contribution is -0.113. The van der Waals surface area contributed by atoms with Gasteiger partial charge in [-0.2, -0.15) is 0 Å². The molecule has 3 aromatic rings. The van der Waals surface area contributed by atoms with E-state index in [1.807, 2.05) is 53.1 Å². The third kappa shape index (κ3) is 5.79. The van der Waals surface area contributed by atoms with Crippen LogP contribution in [0.2, 0.25) is 0 Å². The first-order chi connectivity index (χ1) is 15.2. The van der Waals surface area contributed by atoms with Crippen LogP contribution in [-0.4, -0.2) is 39.6 Å². The summed E-state index contributed by atoms with van der Waals surface area (Å²) in [5.74, 6) is 0.948. The Morgan fingerprint density at radius 2 is 1.77 bits per heavy atom. The molecule has 1 amide bonds. The first-order valence-corrected chi connectivity index (χ1v) is 11.5. The molecule has 4 rings (SSSR count). The molecule has 0 saturated heterocycles. The van der Waals surface area contributed by atoms with Crippen molar-refractivity contribution >= 4 is 29.0 Å². The van der Waals surface area contributed by atoms with E-state index < -0.39 is 0 Å². The topological polar surface area (TPSA) is 81.1 Å². The van der Waals surface area contributed by atoms with Crippen molar-refractivity contribution in [3.05, 3.63) is 54.9 Å². The summed E-state index contributed by atoms with van der Waals surface area (Å²) in [6.07, 6.45) is 8.05. The Balaban J connectivity index is 1.29. The van der Waals surface area contributed by atoms with Crippen molar-refractivity contribution in [1.29, 1.82) is 0 Å². The molecule has 1 aliphatic carbocycles. The molecule has 1 aromatic heterocycles. The zero-order valence-corrected chi connectivity index (χ0v) is 18.4. The smallest absolute Gasteiger partial charge is 0.234 e. The lowest BCUT2D eigenvalue weighted by Gasteiger charge is -2.23. The van der Waals surface area contributed by atoms with Crippen molar-refractivity contribution in [3.8, 4) is 11.4 Å². The lowest BCUT2D eigenvalue weighted by Crippen LogP contribution is -2.22. The number of amides is 1. The number of nitrogens with one attached hydrogen (secondary N) is 2.